The Hall–Kier alpha value is -2.16. The van der Waals surface area contributed by atoms with Crippen LogP contribution in [0.4, 0.5) is 5.69 Å². The van der Waals surface area contributed by atoms with Gasteiger partial charge in [0.05, 0.1) is 4.92 Å². The molecule has 0 radical (unpaired) electrons. The first-order valence-electron chi connectivity index (χ1n) is 7.95. The number of hydrogen-bond acceptors (Lipinski definition) is 5. The Morgan fingerprint density at radius 3 is 2.77 bits per heavy atom. The van der Waals surface area contributed by atoms with E-state index in [1.54, 1.807) is 23.1 Å². The molecule has 0 unspecified atom stereocenters. The average Bonchev–Trinajstić information content (AvgIpc) is 3.16. The van der Waals surface area contributed by atoms with Crippen LogP contribution >= 0.6 is 24.0 Å². The molecular weight excluding hydrogens is 381 g/mol. The van der Waals surface area contributed by atoms with Crippen molar-refractivity contribution in [2.24, 2.45) is 0 Å². The third-order valence-corrected chi connectivity index (χ3v) is 4.84. The molecule has 1 aromatic carbocycles. The van der Waals surface area contributed by atoms with Crippen LogP contribution in [0.1, 0.15) is 18.4 Å². The van der Waals surface area contributed by atoms with Crippen LogP contribution < -0.4 is 10.6 Å². The van der Waals surface area contributed by atoms with Crippen molar-refractivity contribution in [3.63, 3.8) is 0 Å². The summed E-state index contributed by atoms with van der Waals surface area (Å²) in [6.45, 7) is 1.55. The van der Waals surface area contributed by atoms with Gasteiger partial charge >= 0.3 is 0 Å². The predicted octanol–water partition coefficient (Wildman–Crippen LogP) is 2.26. The van der Waals surface area contributed by atoms with E-state index in [2.05, 4.69) is 15.7 Å². The lowest BCUT2D eigenvalue weighted by Gasteiger charge is -2.36. The fourth-order valence-electron chi connectivity index (χ4n) is 3.07. The van der Waals surface area contributed by atoms with Crippen molar-refractivity contribution >= 4 is 35.6 Å². The number of benzene rings is 1. The second kappa shape index (κ2) is 8.48. The molecule has 2 heterocycles. The molecule has 140 valence electrons. The number of carbonyl (C=O) groups is 1. The SMILES string of the molecule is Cl.O=C(NCc1cc([N+](=O)[O-])ccc1Cl)C1(n2cccn2)CCNCC1. The summed E-state index contributed by atoms with van der Waals surface area (Å²) in [5.74, 6) is -0.166. The fourth-order valence-corrected chi connectivity index (χ4v) is 3.26. The number of piperidine rings is 1. The summed E-state index contributed by atoms with van der Waals surface area (Å²) in [5, 5.41) is 21.7. The standard InChI is InChI=1S/C16H18ClN5O3.ClH/c17-14-3-2-13(22(24)25)10-12(14)11-19-15(23)16(4-7-18-8-5-16)21-9-1-6-20-21;/h1-3,6,9-10,18H,4-5,7-8,11H2,(H,19,23);1H. The number of nitro groups is 1. The van der Waals surface area contributed by atoms with Gasteiger partial charge in [-0.3, -0.25) is 19.6 Å². The maximum atomic E-state index is 12.9. The lowest BCUT2D eigenvalue weighted by atomic mass is 9.87. The number of halogens is 2. The largest absolute Gasteiger partial charge is 0.350 e. The van der Waals surface area contributed by atoms with Gasteiger partial charge in [-0.2, -0.15) is 5.10 Å². The summed E-state index contributed by atoms with van der Waals surface area (Å²) in [6.07, 6.45) is 4.66. The molecule has 26 heavy (non-hydrogen) atoms. The van der Waals surface area contributed by atoms with E-state index < -0.39 is 10.5 Å². The number of hydrogen-bond donors (Lipinski definition) is 2. The van der Waals surface area contributed by atoms with Crippen molar-refractivity contribution in [3.05, 3.63) is 57.4 Å². The van der Waals surface area contributed by atoms with Gasteiger partial charge in [-0.15, -0.1) is 12.4 Å². The third-order valence-electron chi connectivity index (χ3n) is 4.48. The number of nitrogens with zero attached hydrogens (tertiary/aromatic N) is 3. The zero-order chi connectivity index (χ0) is 17.9. The third kappa shape index (κ3) is 3.98. The molecule has 2 N–H and O–H groups in total. The number of aromatic nitrogens is 2. The van der Waals surface area contributed by atoms with Crippen molar-refractivity contribution in [2.75, 3.05) is 13.1 Å². The molecule has 0 atom stereocenters. The maximum Gasteiger partial charge on any atom is 0.269 e. The minimum atomic E-state index is -0.762. The van der Waals surface area contributed by atoms with E-state index in [1.807, 2.05) is 0 Å². The second-order valence-corrected chi connectivity index (χ2v) is 6.35. The Morgan fingerprint density at radius 2 is 2.15 bits per heavy atom. The van der Waals surface area contributed by atoms with Gasteiger partial charge in [0.2, 0.25) is 5.91 Å². The van der Waals surface area contributed by atoms with Gasteiger partial charge in [-0.25, -0.2) is 0 Å². The number of nitrogens with one attached hydrogen (secondary N) is 2. The number of nitro benzene ring substituents is 1. The summed E-state index contributed by atoms with van der Waals surface area (Å²) in [5.41, 5.74) is -0.312. The summed E-state index contributed by atoms with van der Waals surface area (Å²) in [4.78, 5) is 23.4. The minimum absolute atomic E-state index is 0. The van der Waals surface area contributed by atoms with Crippen LogP contribution in [0, 0.1) is 10.1 Å². The van der Waals surface area contributed by atoms with Crippen LogP contribution in [0.3, 0.4) is 0 Å². The molecular formula is C16H19Cl2N5O3. The molecule has 0 bridgehead atoms. The van der Waals surface area contributed by atoms with Gasteiger partial charge in [0.1, 0.15) is 5.54 Å². The number of carbonyl (C=O) groups excluding carboxylic acids is 1. The monoisotopic (exact) mass is 399 g/mol. The van der Waals surface area contributed by atoms with Gasteiger partial charge in [-0.05, 0) is 43.6 Å². The number of non-ortho nitro benzene ring substituents is 1. The molecule has 0 saturated carbocycles. The number of rotatable bonds is 5. The molecule has 2 aromatic rings. The van der Waals surface area contributed by atoms with E-state index in [1.165, 1.54) is 18.2 Å². The molecule has 1 fully saturated rings. The van der Waals surface area contributed by atoms with Crippen molar-refractivity contribution in [3.8, 4) is 0 Å². The summed E-state index contributed by atoms with van der Waals surface area (Å²) in [7, 11) is 0. The van der Waals surface area contributed by atoms with Crippen LogP contribution in [0.25, 0.3) is 0 Å². The van der Waals surface area contributed by atoms with E-state index in [4.69, 9.17) is 11.6 Å². The Bertz CT molecular complexity index is 776. The molecule has 1 aliphatic rings. The van der Waals surface area contributed by atoms with E-state index in [-0.39, 0.29) is 30.5 Å². The molecule has 3 rings (SSSR count). The first-order chi connectivity index (χ1) is 12.0. The molecule has 1 saturated heterocycles. The maximum absolute atomic E-state index is 12.9. The smallest absolute Gasteiger partial charge is 0.269 e. The summed E-state index contributed by atoms with van der Waals surface area (Å²) >= 11 is 6.10. The fraction of sp³-hybridized carbons (Fsp3) is 0.375. The average molecular weight is 400 g/mol. The van der Waals surface area contributed by atoms with Crippen molar-refractivity contribution in [2.45, 2.75) is 24.9 Å². The summed E-state index contributed by atoms with van der Waals surface area (Å²) < 4.78 is 1.69. The van der Waals surface area contributed by atoms with Crippen LogP contribution in [0.2, 0.25) is 5.02 Å². The molecule has 1 aromatic heterocycles. The molecule has 1 amide bonds. The topological polar surface area (TPSA) is 102 Å². The molecule has 10 heteroatoms. The van der Waals surface area contributed by atoms with Crippen LogP contribution in [0.15, 0.2) is 36.7 Å². The van der Waals surface area contributed by atoms with E-state index >= 15 is 0 Å². The van der Waals surface area contributed by atoms with Gasteiger partial charge < -0.3 is 10.6 Å². The van der Waals surface area contributed by atoms with Crippen molar-refractivity contribution in [1.29, 1.82) is 0 Å². The first-order valence-corrected chi connectivity index (χ1v) is 8.33. The zero-order valence-corrected chi connectivity index (χ0v) is 15.4. The second-order valence-electron chi connectivity index (χ2n) is 5.95. The highest BCUT2D eigenvalue weighted by Gasteiger charge is 2.41. The molecule has 0 spiro atoms. The van der Waals surface area contributed by atoms with Crippen molar-refractivity contribution in [1.82, 2.24) is 20.4 Å². The van der Waals surface area contributed by atoms with Crippen LogP contribution in [-0.4, -0.2) is 33.7 Å². The van der Waals surface area contributed by atoms with E-state index in [9.17, 15) is 14.9 Å². The number of amides is 1. The summed E-state index contributed by atoms with van der Waals surface area (Å²) in [6, 6.07) is 5.97. The highest BCUT2D eigenvalue weighted by molar-refractivity contribution is 6.31. The van der Waals surface area contributed by atoms with Gasteiger partial charge in [0.15, 0.2) is 0 Å². The molecule has 8 nitrogen and oxygen atoms in total. The lowest BCUT2D eigenvalue weighted by molar-refractivity contribution is -0.384. The minimum Gasteiger partial charge on any atom is -0.350 e. The highest BCUT2D eigenvalue weighted by atomic mass is 35.5. The quantitative estimate of drug-likeness (QED) is 0.592. The van der Waals surface area contributed by atoms with Gasteiger partial charge in [-0.1, -0.05) is 11.6 Å². The Morgan fingerprint density at radius 1 is 1.42 bits per heavy atom. The Balaban J connectivity index is 0.00000243. The van der Waals surface area contributed by atoms with Crippen molar-refractivity contribution < 1.29 is 9.72 Å². The highest BCUT2D eigenvalue weighted by Crippen LogP contribution is 2.28. The first kappa shape index (κ1) is 20.2. The molecule has 0 aliphatic carbocycles. The predicted molar refractivity (Wildman–Crippen MR) is 99.5 cm³/mol. The lowest BCUT2D eigenvalue weighted by Crippen LogP contribution is -2.54. The normalized spacial score (nSPS) is 15.7. The van der Waals surface area contributed by atoms with E-state index in [0.29, 0.717) is 36.5 Å². The Labute approximate surface area is 161 Å². The Kier molecular flexibility index (Phi) is 6.57. The van der Waals surface area contributed by atoms with Gasteiger partial charge in [0.25, 0.3) is 5.69 Å². The molecule has 1 aliphatic heterocycles. The van der Waals surface area contributed by atoms with E-state index in [0.717, 1.165) is 0 Å². The van der Waals surface area contributed by atoms with Gasteiger partial charge in [0, 0.05) is 36.1 Å². The zero-order valence-electron chi connectivity index (χ0n) is 13.9. The van der Waals surface area contributed by atoms with Crippen LogP contribution in [-0.2, 0) is 16.9 Å². The van der Waals surface area contributed by atoms with Crippen LogP contribution in [0.5, 0.6) is 0 Å².